The van der Waals surface area contributed by atoms with E-state index in [0.717, 1.165) is 0 Å². The van der Waals surface area contributed by atoms with Gasteiger partial charge in [-0.1, -0.05) is 0 Å². The van der Waals surface area contributed by atoms with Crippen LogP contribution >= 0.6 is 0 Å². The maximum atomic E-state index is 0. The Hall–Kier alpha value is 0.879. The molecule has 6 heavy (non-hydrogen) atoms. The summed E-state index contributed by atoms with van der Waals surface area (Å²) in [5.41, 5.74) is 0. The average Bonchev–Trinajstić information content (AvgIpc) is 0. The van der Waals surface area contributed by atoms with Gasteiger partial charge in [-0.25, -0.2) is 0 Å². The van der Waals surface area contributed by atoms with Gasteiger partial charge in [0, 0.05) is 0 Å². The molecular weight excluding hydrogens is 174 g/mol. The van der Waals surface area contributed by atoms with Crippen LogP contribution in [-0.4, -0.2) is 11.0 Å². The van der Waals surface area contributed by atoms with E-state index < -0.39 is 0 Å². The van der Waals surface area contributed by atoms with Gasteiger partial charge in [0.05, 0.1) is 0 Å². The van der Waals surface area contributed by atoms with Crippen LogP contribution in [0, 0.1) is 0 Å². The quantitative estimate of drug-likeness (QED) is 0.385. The number of hydrogen-bond donors (Lipinski definition) is 0. The van der Waals surface area contributed by atoms with Crippen molar-refractivity contribution in [3.63, 3.8) is 0 Å². The molecule has 0 saturated heterocycles. The summed E-state index contributed by atoms with van der Waals surface area (Å²) in [6.45, 7) is 0. The molecule has 0 aliphatic carbocycles. The molecule has 4 nitrogen and oxygen atoms in total. The summed E-state index contributed by atoms with van der Waals surface area (Å²) in [4.78, 5) is 0. The average molecular weight is 178 g/mol. The zero-order valence-electron chi connectivity index (χ0n) is 2.57. The monoisotopic (exact) mass is 178 g/mol. The topological polar surface area (TPSA) is 120 Å². The van der Waals surface area contributed by atoms with Crippen LogP contribution in [0.15, 0.2) is 0 Å². The third-order valence-electron chi connectivity index (χ3n) is 0. The van der Waals surface area contributed by atoms with Crippen molar-refractivity contribution < 1.29 is 56.0 Å². The molecule has 4 N–H and O–H groups in total. The third-order valence-corrected chi connectivity index (χ3v) is 0. The van der Waals surface area contributed by atoms with Crippen molar-refractivity contribution in [1.29, 1.82) is 0 Å². The van der Waals surface area contributed by atoms with E-state index in [4.69, 9.17) is 0 Å². The second kappa shape index (κ2) is 181. The first-order valence-electron chi connectivity index (χ1n) is 0. The fourth-order valence-electron chi connectivity index (χ4n) is 0. The van der Waals surface area contributed by atoms with Crippen molar-refractivity contribution >= 4 is 0 Å². The van der Waals surface area contributed by atoms with Crippen LogP contribution in [-0.2, 0) is 45.1 Å². The molecule has 0 fully saturated rings. The first kappa shape index (κ1) is 308. The molecule has 0 spiro atoms. The standard InChI is InChI=1S/2Mn.2H2O.2O/h;;2*1H2;;/q2*+2;;;2*-2. The zero-order valence-corrected chi connectivity index (χ0v) is 4.93. The minimum Gasteiger partial charge on any atom is -2.00 e. The molecule has 0 aliphatic heterocycles. The molecule has 0 atom stereocenters. The van der Waals surface area contributed by atoms with Gasteiger partial charge in [-0.15, -0.1) is 0 Å². The fourth-order valence-corrected chi connectivity index (χ4v) is 0. The third kappa shape index (κ3) is 95.0. The van der Waals surface area contributed by atoms with E-state index >= 15 is 0 Å². The molecule has 0 saturated carbocycles. The molecule has 0 aromatic carbocycles. The Balaban J connectivity index is 0. The maximum absolute atomic E-state index is 0. The molecule has 0 heterocycles. The SMILES string of the molecule is O.O.[Mn+2].[Mn+2].[O-2].[O-2]. The van der Waals surface area contributed by atoms with Crippen molar-refractivity contribution in [2.75, 3.05) is 0 Å². The molecule has 0 aliphatic rings. The van der Waals surface area contributed by atoms with E-state index in [-0.39, 0.29) is 56.0 Å². The normalized spacial score (nSPS) is 0. The summed E-state index contributed by atoms with van der Waals surface area (Å²) in [7, 11) is 0. The van der Waals surface area contributed by atoms with Gasteiger partial charge in [-0.2, -0.15) is 0 Å². The Labute approximate surface area is 56.5 Å². The molecule has 0 rings (SSSR count). The van der Waals surface area contributed by atoms with E-state index in [1.54, 1.807) is 0 Å². The largest absolute Gasteiger partial charge is 2.00 e. The number of rotatable bonds is 0. The van der Waals surface area contributed by atoms with E-state index in [2.05, 4.69) is 0 Å². The maximum Gasteiger partial charge on any atom is 2.00 e. The Morgan fingerprint density at radius 2 is 0.500 bits per heavy atom. The molecular formula is H4Mn2O4. The minimum atomic E-state index is 0. The summed E-state index contributed by atoms with van der Waals surface area (Å²) in [5, 5.41) is 0. The van der Waals surface area contributed by atoms with Gasteiger partial charge >= 0.3 is 34.1 Å². The summed E-state index contributed by atoms with van der Waals surface area (Å²) < 4.78 is 0. The van der Waals surface area contributed by atoms with Gasteiger partial charge in [0.1, 0.15) is 0 Å². The van der Waals surface area contributed by atoms with Crippen LogP contribution in [0.25, 0.3) is 0 Å². The summed E-state index contributed by atoms with van der Waals surface area (Å²) in [6.07, 6.45) is 0. The molecule has 42 valence electrons. The van der Waals surface area contributed by atoms with Gasteiger partial charge in [0.15, 0.2) is 0 Å². The van der Waals surface area contributed by atoms with Crippen LogP contribution in [0.2, 0.25) is 0 Å². The molecule has 6 heteroatoms. The molecule has 0 bridgehead atoms. The van der Waals surface area contributed by atoms with E-state index in [9.17, 15) is 0 Å². The predicted octanol–water partition coefficient (Wildman–Crippen LogP) is -1.89. The minimum absolute atomic E-state index is 0. The smallest absolute Gasteiger partial charge is 2.00 e. The van der Waals surface area contributed by atoms with Gasteiger partial charge in [-0.3, -0.25) is 0 Å². The molecule has 0 aromatic rings. The van der Waals surface area contributed by atoms with Crippen molar-refractivity contribution in [1.82, 2.24) is 0 Å². The van der Waals surface area contributed by atoms with Crippen molar-refractivity contribution in [2.45, 2.75) is 0 Å². The fraction of sp³-hybridized carbons (Fsp3) is 0. The van der Waals surface area contributed by atoms with E-state index in [1.807, 2.05) is 0 Å². The summed E-state index contributed by atoms with van der Waals surface area (Å²) >= 11 is 0. The Morgan fingerprint density at radius 3 is 0.500 bits per heavy atom. The second-order valence-corrected chi connectivity index (χ2v) is 0. The first-order chi connectivity index (χ1) is 0. The molecule has 0 unspecified atom stereocenters. The van der Waals surface area contributed by atoms with Crippen LogP contribution in [0.3, 0.4) is 0 Å². The Bertz CT molecular complexity index is 5.51. The van der Waals surface area contributed by atoms with Crippen LogP contribution in [0.1, 0.15) is 0 Å². The molecule has 0 aromatic heterocycles. The molecule has 0 amide bonds. The summed E-state index contributed by atoms with van der Waals surface area (Å²) in [5.74, 6) is 0. The Morgan fingerprint density at radius 1 is 0.500 bits per heavy atom. The van der Waals surface area contributed by atoms with E-state index in [1.165, 1.54) is 0 Å². The van der Waals surface area contributed by atoms with Crippen molar-refractivity contribution in [2.24, 2.45) is 0 Å². The predicted molar refractivity (Wildman–Crippen MR) is 8.60 cm³/mol. The second-order valence-electron chi connectivity index (χ2n) is 0. The van der Waals surface area contributed by atoms with Gasteiger partial charge in [-0.05, 0) is 0 Å². The number of hydrogen-bond acceptors (Lipinski definition) is 0. The first-order valence-corrected chi connectivity index (χ1v) is 0. The van der Waals surface area contributed by atoms with Crippen molar-refractivity contribution in [3.05, 3.63) is 0 Å². The Kier molecular flexibility index (Phi) is 9290. The van der Waals surface area contributed by atoms with Gasteiger partial charge in [0.2, 0.25) is 0 Å². The molecule has 2 radical (unpaired) electrons. The van der Waals surface area contributed by atoms with E-state index in [0.29, 0.717) is 0 Å². The van der Waals surface area contributed by atoms with Crippen LogP contribution < -0.4 is 0 Å². The zero-order chi connectivity index (χ0) is 0. The summed E-state index contributed by atoms with van der Waals surface area (Å²) in [6, 6.07) is 0. The van der Waals surface area contributed by atoms with Gasteiger partial charge in [0.25, 0.3) is 0 Å². The van der Waals surface area contributed by atoms with Crippen LogP contribution in [0.5, 0.6) is 0 Å². The van der Waals surface area contributed by atoms with Crippen molar-refractivity contribution in [3.8, 4) is 0 Å². The van der Waals surface area contributed by atoms with Gasteiger partial charge < -0.3 is 21.9 Å². The van der Waals surface area contributed by atoms with Crippen LogP contribution in [0.4, 0.5) is 0 Å².